The summed E-state index contributed by atoms with van der Waals surface area (Å²) in [6, 6.07) is 8.20. The van der Waals surface area contributed by atoms with Gasteiger partial charge >= 0.3 is 0 Å². The molecule has 1 aliphatic rings. The van der Waals surface area contributed by atoms with E-state index in [9.17, 15) is 5.11 Å². The summed E-state index contributed by atoms with van der Waals surface area (Å²) in [4.78, 5) is 0. The largest absolute Gasteiger partial charge is 0.476 e. The molecule has 0 heterocycles. The third-order valence-corrected chi connectivity index (χ3v) is 3.51. The molecule has 0 aliphatic heterocycles. The standard InChI is InChI=1S/C15H23NO2/c1-11-7-9-13(10-8-11)18-12(2)16-14-5-3-4-6-15(14)17/h7-10,12,14-17H,3-6H2,1-2H3. The maximum absolute atomic E-state index is 9.90. The molecule has 3 atom stereocenters. The first kappa shape index (κ1) is 13.4. The highest BCUT2D eigenvalue weighted by Crippen LogP contribution is 2.19. The van der Waals surface area contributed by atoms with Gasteiger partial charge in [-0.2, -0.15) is 0 Å². The molecule has 1 saturated carbocycles. The summed E-state index contributed by atoms with van der Waals surface area (Å²) >= 11 is 0. The topological polar surface area (TPSA) is 41.5 Å². The summed E-state index contributed by atoms with van der Waals surface area (Å²) in [6.07, 6.45) is 3.93. The van der Waals surface area contributed by atoms with E-state index < -0.39 is 0 Å². The zero-order valence-corrected chi connectivity index (χ0v) is 11.2. The minimum atomic E-state index is -0.234. The lowest BCUT2D eigenvalue weighted by molar-refractivity contribution is 0.0581. The molecule has 0 spiro atoms. The van der Waals surface area contributed by atoms with Crippen molar-refractivity contribution in [3.05, 3.63) is 29.8 Å². The van der Waals surface area contributed by atoms with E-state index in [1.807, 2.05) is 31.2 Å². The Morgan fingerprint density at radius 3 is 2.56 bits per heavy atom. The second-order valence-corrected chi connectivity index (χ2v) is 5.20. The smallest absolute Gasteiger partial charge is 0.147 e. The Labute approximate surface area is 109 Å². The van der Waals surface area contributed by atoms with Crippen LogP contribution in [0.1, 0.15) is 38.2 Å². The molecule has 100 valence electrons. The van der Waals surface area contributed by atoms with Crippen LogP contribution in [0.5, 0.6) is 5.75 Å². The minimum absolute atomic E-state index is 0.0783. The Balaban J connectivity index is 1.84. The van der Waals surface area contributed by atoms with Crippen LogP contribution in [0.3, 0.4) is 0 Å². The Morgan fingerprint density at radius 1 is 1.22 bits per heavy atom. The van der Waals surface area contributed by atoms with Gasteiger partial charge < -0.3 is 9.84 Å². The van der Waals surface area contributed by atoms with E-state index >= 15 is 0 Å². The number of aliphatic hydroxyl groups excluding tert-OH is 1. The Morgan fingerprint density at radius 2 is 1.89 bits per heavy atom. The van der Waals surface area contributed by atoms with Crippen molar-refractivity contribution in [3.63, 3.8) is 0 Å². The van der Waals surface area contributed by atoms with Crippen LogP contribution in [0, 0.1) is 6.92 Å². The molecule has 2 N–H and O–H groups in total. The zero-order chi connectivity index (χ0) is 13.0. The fourth-order valence-corrected chi connectivity index (χ4v) is 2.46. The molecule has 1 aromatic rings. The number of rotatable bonds is 4. The Hall–Kier alpha value is -1.06. The van der Waals surface area contributed by atoms with Crippen molar-refractivity contribution in [1.29, 1.82) is 0 Å². The average Bonchev–Trinajstić information content (AvgIpc) is 2.35. The highest BCUT2D eigenvalue weighted by molar-refractivity contribution is 5.26. The molecule has 0 bridgehead atoms. The third-order valence-electron chi connectivity index (χ3n) is 3.51. The fourth-order valence-electron chi connectivity index (χ4n) is 2.46. The van der Waals surface area contributed by atoms with Gasteiger partial charge in [0.1, 0.15) is 12.0 Å². The van der Waals surface area contributed by atoms with Gasteiger partial charge in [-0.05, 0) is 38.8 Å². The summed E-state index contributed by atoms with van der Waals surface area (Å²) in [5, 5.41) is 13.3. The van der Waals surface area contributed by atoms with Crippen molar-refractivity contribution in [2.75, 3.05) is 0 Å². The minimum Gasteiger partial charge on any atom is -0.476 e. The molecule has 1 fully saturated rings. The van der Waals surface area contributed by atoms with E-state index in [0.717, 1.165) is 25.0 Å². The van der Waals surface area contributed by atoms with E-state index in [1.54, 1.807) is 0 Å². The molecule has 3 unspecified atom stereocenters. The number of hydrogen-bond acceptors (Lipinski definition) is 3. The molecule has 3 heteroatoms. The quantitative estimate of drug-likeness (QED) is 0.806. The molecule has 1 aliphatic carbocycles. The van der Waals surface area contributed by atoms with Gasteiger partial charge in [0.25, 0.3) is 0 Å². The summed E-state index contributed by atoms with van der Waals surface area (Å²) in [6.45, 7) is 4.05. The van der Waals surface area contributed by atoms with E-state index in [4.69, 9.17) is 4.74 Å². The van der Waals surface area contributed by atoms with Gasteiger partial charge in [0.05, 0.1) is 6.10 Å². The van der Waals surface area contributed by atoms with Crippen molar-refractivity contribution >= 4 is 0 Å². The van der Waals surface area contributed by atoms with Gasteiger partial charge in [-0.25, -0.2) is 0 Å². The first-order valence-corrected chi connectivity index (χ1v) is 6.82. The van der Waals surface area contributed by atoms with Gasteiger partial charge in [0.15, 0.2) is 0 Å². The first-order valence-electron chi connectivity index (χ1n) is 6.82. The lowest BCUT2D eigenvalue weighted by atomic mass is 9.92. The molecule has 1 aromatic carbocycles. The second-order valence-electron chi connectivity index (χ2n) is 5.20. The van der Waals surface area contributed by atoms with Gasteiger partial charge in [0, 0.05) is 6.04 Å². The third kappa shape index (κ3) is 3.72. The first-order chi connectivity index (χ1) is 8.65. The van der Waals surface area contributed by atoms with Gasteiger partial charge in [0.2, 0.25) is 0 Å². The van der Waals surface area contributed by atoms with Gasteiger partial charge in [-0.1, -0.05) is 30.5 Å². The lowest BCUT2D eigenvalue weighted by Gasteiger charge is -2.31. The summed E-state index contributed by atoms with van der Waals surface area (Å²) < 4.78 is 5.80. The fraction of sp³-hybridized carbons (Fsp3) is 0.600. The normalized spacial score (nSPS) is 25.7. The second kappa shape index (κ2) is 6.21. The maximum atomic E-state index is 9.90. The highest BCUT2D eigenvalue weighted by atomic mass is 16.5. The molecule has 0 saturated heterocycles. The Bertz CT molecular complexity index is 363. The number of aliphatic hydroxyl groups is 1. The van der Waals surface area contributed by atoms with E-state index in [1.165, 1.54) is 12.0 Å². The predicted octanol–water partition coefficient (Wildman–Crippen LogP) is 2.61. The van der Waals surface area contributed by atoms with Gasteiger partial charge in [-0.15, -0.1) is 0 Å². The number of aryl methyl sites for hydroxylation is 1. The van der Waals surface area contributed by atoms with E-state index in [-0.39, 0.29) is 18.4 Å². The van der Waals surface area contributed by atoms with Crippen LogP contribution in [-0.2, 0) is 0 Å². The number of benzene rings is 1. The molecule has 0 amide bonds. The maximum Gasteiger partial charge on any atom is 0.147 e. The van der Waals surface area contributed by atoms with Crippen LogP contribution in [0.2, 0.25) is 0 Å². The lowest BCUT2D eigenvalue weighted by Crippen LogP contribution is -2.48. The highest BCUT2D eigenvalue weighted by Gasteiger charge is 2.24. The van der Waals surface area contributed by atoms with Crippen molar-refractivity contribution < 1.29 is 9.84 Å². The van der Waals surface area contributed by atoms with Crippen LogP contribution in [0.15, 0.2) is 24.3 Å². The molecule has 0 aromatic heterocycles. The summed E-state index contributed by atoms with van der Waals surface area (Å²) in [5.41, 5.74) is 1.23. The van der Waals surface area contributed by atoms with E-state index in [0.29, 0.717) is 0 Å². The van der Waals surface area contributed by atoms with Crippen LogP contribution in [0.25, 0.3) is 0 Å². The van der Waals surface area contributed by atoms with Crippen molar-refractivity contribution in [2.45, 2.75) is 57.9 Å². The average molecular weight is 249 g/mol. The van der Waals surface area contributed by atoms with E-state index in [2.05, 4.69) is 12.2 Å². The molecule has 18 heavy (non-hydrogen) atoms. The van der Waals surface area contributed by atoms with Crippen LogP contribution in [-0.4, -0.2) is 23.5 Å². The van der Waals surface area contributed by atoms with Crippen molar-refractivity contribution in [3.8, 4) is 5.75 Å². The molecular formula is C15H23NO2. The summed E-state index contributed by atoms with van der Waals surface area (Å²) in [5.74, 6) is 0.867. The molecule has 3 nitrogen and oxygen atoms in total. The van der Waals surface area contributed by atoms with Crippen LogP contribution < -0.4 is 10.1 Å². The van der Waals surface area contributed by atoms with Crippen molar-refractivity contribution in [1.82, 2.24) is 5.32 Å². The van der Waals surface area contributed by atoms with Crippen LogP contribution in [0.4, 0.5) is 0 Å². The number of nitrogens with one attached hydrogen (secondary N) is 1. The monoisotopic (exact) mass is 249 g/mol. The molecule has 2 rings (SSSR count). The molecular weight excluding hydrogens is 226 g/mol. The van der Waals surface area contributed by atoms with Crippen molar-refractivity contribution in [2.24, 2.45) is 0 Å². The molecule has 0 radical (unpaired) electrons. The van der Waals surface area contributed by atoms with Gasteiger partial charge in [-0.3, -0.25) is 5.32 Å². The number of ether oxygens (including phenoxy) is 1. The summed E-state index contributed by atoms with van der Waals surface area (Å²) in [7, 11) is 0. The zero-order valence-electron chi connectivity index (χ0n) is 11.2. The number of hydrogen-bond donors (Lipinski definition) is 2. The van der Waals surface area contributed by atoms with Crippen LogP contribution >= 0.6 is 0 Å². The predicted molar refractivity (Wildman–Crippen MR) is 72.7 cm³/mol. The SMILES string of the molecule is Cc1ccc(OC(C)NC2CCCCC2O)cc1. The Kier molecular flexibility index (Phi) is 4.61.